The van der Waals surface area contributed by atoms with Gasteiger partial charge in [-0.1, -0.05) is 72.8 Å². The van der Waals surface area contributed by atoms with E-state index in [4.69, 9.17) is 17.0 Å². The van der Waals surface area contributed by atoms with Gasteiger partial charge in [-0.25, -0.2) is 0 Å². The van der Waals surface area contributed by atoms with E-state index < -0.39 is 14.9 Å². The second kappa shape index (κ2) is 13.1. The van der Waals surface area contributed by atoms with Crippen molar-refractivity contribution in [3.63, 3.8) is 0 Å². The molecule has 0 aliphatic heterocycles. The van der Waals surface area contributed by atoms with Gasteiger partial charge in [-0.3, -0.25) is 0 Å². The molecule has 4 aliphatic rings. The van der Waals surface area contributed by atoms with Crippen molar-refractivity contribution in [2.45, 2.75) is 35.8 Å². The van der Waals surface area contributed by atoms with Crippen molar-refractivity contribution in [2.24, 2.45) is 0 Å². The van der Waals surface area contributed by atoms with Gasteiger partial charge in [0.15, 0.2) is 0 Å². The molecule has 3 aromatic rings. The monoisotopic (exact) mass is 775 g/mol. The van der Waals surface area contributed by atoms with Crippen LogP contribution in [-0.2, 0) is 39.6 Å². The normalized spacial score (nSPS) is 21.8. The van der Waals surface area contributed by atoms with Crippen molar-refractivity contribution >= 4 is 35.3 Å². The van der Waals surface area contributed by atoms with E-state index in [1.807, 2.05) is 20.0 Å². The van der Waals surface area contributed by atoms with Gasteiger partial charge in [-0.05, 0) is 22.3 Å². The molecule has 6 heteroatoms. The van der Waals surface area contributed by atoms with Crippen LogP contribution in [0.2, 0.25) is 13.9 Å². The maximum atomic E-state index is 6.51. The molecule has 41 heavy (non-hydrogen) atoms. The van der Waals surface area contributed by atoms with Crippen molar-refractivity contribution in [1.82, 2.24) is 0 Å². The Morgan fingerprint density at radius 3 is 1.44 bits per heavy atom. The van der Waals surface area contributed by atoms with E-state index in [0.29, 0.717) is 15.5 Å². The number of allylic oxidation sites excluding steroid dienone is 7. The summed E-state index contributed by atoms with van der Waals surface area (Å²) in [6.45, 7) is 0. The molecule has 0 heterocycles. The molecular formula is C35H35Cl4Zr2. The van der Waals surface area contributed by atoms with Crippen LogP contribution in [0.1, 0.15) is 55.3 Å². The van der Waals surface area contributed by atoms with E-state index in [0.717, 1.165) is 6.42 Å². The number of hydrogen-bond donors (Lipinski definition) is 0. The Kier molecular flexibility index (Phi) is 11.1. The SMILES string of the molecule is C1=CC(C2C=Cc3ccccc32)c2ccccc21.[CH3][Zr]([CH3])([CH3])([Cl])([Cl])[C]1=CC=CC1.[Cl-].[Cl-].[Zr+2][CH]1C=Cc2ccccc21. The second-order valence-corrected chi connectivity index (χ2v) is 52.5. The summed E-state index contributed by atoms with van der Waals surface area (Å²) in [4.78, 5) is 0. The van der Waals surface area contributed by atoms with E-state index in [-0.39, 0.29) is 24.8 Å². The number of halogens is 4. The van der Waals surface area contributed by atoms with Crippen LogP contribution in [0.3, 0.4) is 0 Å². The van der Waals surface area contributed by atoms with Crippen LogP contribution in [0.15, 0.2) is 113 Å². The van der Waals surface area contributed by atoms with Gasteiger partial charge < -0.3 is 24.8 Å². The van der Waals surface area contributed by atoms with Gasteiger partial charge in [0.1, 0.15) is 0 Å². The van der Waals surface area contributed by atoms with E-state index >= 15 is 0 Å². The Hall–Kier alpha value is -0.714. The zero-order valence-electron chi connectivity index (χ0n) is 23.6. The number of fused-ring (bicyclic) bond motifs is 3. The van der Waals surface area contributed by atoms with Gasteiger partial charge in [-0.2, -0.15) is 0 Å². The van der Waals surface area contributed by atoms with E-state index in [2.05, 4.69) is 121 Å². The summed E-state index contributed by atoms with van der Waals surface area (Å²) >= 11 is -2.24. The maximum absolute atomic E-state index is 6.51. The minimum absolute atomic E-state index is 0. The molecule has 3 atom stereocenters. The Morgan fingerprint density at radius 1 is 0.634 bits per heavy atom. The summed E-state index contributed by atoms with van der Waals surface area (Å²) in [5.41, 5.74) is 8.58. The first-order chi connectivity index (χ1) is 18.4. The molecular weight excluding hydrogens is 745 g/mol. The van der Waals surface area contributed by atoms with Crippen LogP contribution < -0.4 is 24.8 Å². The third-order valence-electron chi connectivity index (χ3n) is 7.84. The quantitative estimate of drug-likeness (QED) is 0.326. The Morgan fingerprint density at radius 2 is 1.05 bits per heavy atom. The first kappa shape index (κ1) is 34.8. The minimum atomic E-state index is -3.83. The summed E-state index contributed by atoms with van der Waals surface area (Å²) in [7, 11) is 13.0. The van der Waals surface area contributed by atoms with Gasteiger partial charge >= 0.3 is 150 Å². The molecule has 0 aromatic heterocycles. The van der Waals surface area contributed by atoms with Gasteiger partial charge in [0, 0.05) is 11.8 Å². The van der Waals surface area contributed by atoms with Crippen molar-refractivity contribution in [1.29, 1.82) is 0 Å². The molecule has 0 bridgehead atoms. The van der Waals surface area contributed by atoms with Crippen LogP contribution in [0.25, 0.3) is 18.2 Å². The third-order valence-corrected chi connectivity index (χ3v) is 18.8. The number of benzene rings is 3. The molecule has 0 radical (unpaired) electrons. The van der Waals surface area contributed by atoms with Gasteiger partial charge in [0.2, 0.25) is 0 Å². The van der Waals surface area contributed by atoms with Crippen molar-refractivity contribution in [2.75, 3.05) is 0 Å². The Balaban J connectivity index is 0.000000176. The molecule has 0 spiro atoms. The van der Waals surface area contributed by atoms with Crippen molar-refractivity contribution < 1.29 is 64.4 Å². The van der Waals surface area contributed by atoms with Gasteiger partial charge in [0.05, 0.1) is 0 Å². The summed E-state index contributed by atoms with van der Waals surface area (Å²) < 4.78 is 8.05. The zero-order valence-corrected chi connectivity index (χ0v) is 31.5. The molecule has 3 aromatic carbocycles. The average molecular weight is 780 g/mol. The van der Waals surface area contributed by atoms with E-state index in [1.54, 1.807) is 24.7 Å². The predicted octanol–water partition coefficient (Wildman–Crippen LogP) is 5.42. The van der Waals surface area contributed by atoms with E-state index in [9.17, 15) is 0 Å². The first-order valence-corrected chi connectivity index (χ1v) is 30.0. The summed E-state index contributed by atoms with van der Waals surface area (Å²) in [5, 5.41) is 0. The van der Waals surface area contributed by atoms with Crippen LogP contribution in [0.5, 0.6) is 0 Å². The second-order valence-electron chi connectivity index (χ2n) is 12.5. The predicted molar refractivity (Wildman–Crippen MR) is 166 cm³/mol. The molecule has 0 fully saturated rings. The van der Waals surface area contributed by atoms with Crippen LogP contribution in [-0.4, -0.2) is 0 Å². The first-order valence-electron chi connectivity index (χ1n) is 13.7. The molecule has 0 amide bonds. The van der Waals surface area contributed by atoms with E-state index in [1.165, 1.54) is 36.7 Å². The molecule has 7 rings (SSSR count). The standard InChI is InChI=1S/C18H14.C9H7.C5H5.3CH3.4ClH.2Zr/c1-3-7-15-13(5-1)9-11-17(15)18-12-10-14-6-2-4-8-16(14)18;1-2-5-9-7-3-6-8(9)4-1;1-2-4-5-3-1;;;;;;;;;/h1-12,17-18H;1-7H;1-3H,4H2;3*1H3;4*1H;;/q;;;;;;;;;;2*+2/p-4. The summed E-state index contributed by atoms with van der Waals surface area (Å²) in [6.07, 6.45) is 20.9. The fourth-order valence-electron chi connectivity index (χ4n) is 5.57. The van der Waals surface area contributed by atoms with Crippen molar-refractivity contribution in [3.8, 4) is 0 Å². The number of hydrogen-bond acceptors (Lipinski definition) is 0. The topological polar surface area (TPSA) is 0 Å². The fraction of sp³-hybridized carbons (Fsp3) is 0.200. The molecule has 0 saturated carbocycles. The van der Waals surface area contributed by atoms with Crippen LogP contribution in [0, 0.1) is 0 Å². The Bertz CT molecular complexity index is 1480. The molecule has 0 nitrogen and oxygen atoms in total. The molecule has 0 saturated heterocycles. The van der Waals surface area contributed by atoms with Crippen LogP contribution >= 0.6 is 17.0 Å². The molecule has 3 unspecified atom stereocenters. The molecule has 211 valence electrons. The summed E-state index contributed by atoms with van der Waals surface area (Å²) in [6, 6.07) is 26.0. The number of rotatable bonds is 2. The third kappa shape index (κ3) is 8.47. The summed E-state index contributed by atoms with van der Waals surface area (Å²) in [5.74, 6) is 1.00. The molecule has 0 N–H and O–H groups in total. The molecule has 4 aliphatic carbocycles. The fourth-order valence-corrected chi connectivity index (χ4v) is 12.1. The van der Waals surface area contributed by atoms with Gasteiger partial charge in [0.25, 0.3) is 0 Å². The van der Waals surface area contributed by atoms with Crippen LogP contribution in [0.4, 0.5) is 0 Å². The Labute approximate surface area is 278 Å². The average Bonchev–Trinajstić information content (AvgIpc) is 3.70. The van der Waals surface area contributed by atoms with Gasteiger partial charge in [-0.15, -0.1) is 0 Å². The van der Waals surface area contributed by atoms with Crippen molar-refractivity contribution in [3.05, 3.63) is 146 Å². The zero-order chi connectivity index (χ0) is 27.7.